The van der Waals surface area contributed by atoms with E-state index in [4.69, 9.17) is 23.2 Å². The Bertz CT molecular complexity index is 646. The Morgan fingerprint density at radius 1 is 1.15 bits per heavy atom. The Hall–Kier alpha value is -0.770. The lowest BCUT2D eigenvalue weighted by Crippen LogP contribution is -2.08. The minimum absolute atomic E-state index is 0.0315. The van der Waals surface area contributed by atoms with E-state index >= 15 is 0 Å². The van der Waals surface area contributed by atoms with Gasteiger partial charge in [-0.25, -0.2) is 4.39 Å². The molecule has 0 aliphatic heterocycles. The molecule has 0 fully saturated rings. The summed E-state index contributed by atoms with van der Waals surface area (Å²) in [7, 11) is 0. The molecule has 1 N–H and O–H groups in total. The first-order chi connectivity index (χ1) is 9.38. The van der Waals surface area contributed by atoms with E-state index in [0.29, 0.717) is 10.6 Å². The van der Waals surface area contributed by atoms with Crippen molar-refractivity contribution in [2.75, 3.05) is 5.32 Å². The molecule has 1 atom stereocenters. The van der Waals surface area contributed by atoms with Crippen LogP contribution in [0.25, 0.3) is 0 Å². The van der Waals surface area contributed by atoms with Crippen molar-refractivity contribution in [2.24, 2.45) is 0 Å². The van der Waals surface area contributed by atoms with Gasteiger partial charge in [0.25, 0.3) is 0 Å². The quantitative estimate of drug-likeness (QED) is 0.613. The normalized spacial score (nSPS) is 12.3. The van der Waals surface area contributed by atoms with E-state index in [2.05, 4.69) is 21.2 Å². The zero-order valence-corrected chi connectivity index (χ0v) is 14.1. The molecule has 0 aliphatic rings. The lowest BCUT2D eigenvalue weighted by atomic mass is 10.1. The van der Waals surface area contributed by atoms with Crippen LogP contribution in [0.4, 0.5) is 10.1 Å². The van der Waals surface area contributed by atoms with Crippen molar-refractivity contribution in [3.05, 3.63) is 61.8 Å². The third-order valence-corrected chi connectivity index (χ3v) is 4.53. The predicted molar refractivity (Wildman–Crippen MR) is 87.3 cm³/mol. The Morgan fingerprint density at radius 3 is 2.50 bits per heavy atom. The van der Waals surface area contributed by atoms with Crippen LogP contribution in [0.15, 0.2) is 34.8 Å². The highest BCUT2D eigenvalue weighted by molar-refractivity contribution is 9.10. The summed E-state index contributed by atoms with van der Waals surface area (Å²) >= 11 is 15.3. The highest BCUT2D eigenvalue weighted by Gasteiger charge is 2.13. The third kappa shape index (κ3) is 3.46. The first kappa shape index (κ1) is 15.6. The van der Waals surface area contributed by atoms with E-state index in [-0.39, 0.29) is 11.1 Å². The minimum Gasteiger partial charge on any atom is -0.378 e. The highest BCUT2D eigenvalue weighted by Crippen LogP contribution is 2.31. The summed E-state index contributed by atoms with van der Waals surface area (Å²) in [5, 5.41) is 3.77. The molecule has 1 nitrogen and oxygen atoms in total. The SMILES string of the molecule is Cc1ccc(NC(C)c2cc(F)c(Cl)cc2Cl)cc1Br. The van der Waals surface area contributed by atoms with Gasteiger partial charge >= 0.3 is 0 Å². The summed E-state index contributed by atoms with van der Waals surface area (Å²) in [4.78, 5) is 0. The van der Waals surface area contributed by atoms with Gasteiger partial charge in [-0.1, -0.05) is 45.2 Å². The van der Waals surface area contributed by atoms with E-state index in [1.807, 2.05) is 32.0 Å². The highest BCUT2D eigenvalue weighted by atomic mass is 79.9. The first-order valence-corrected chi connectivity index (χ1v) is 7.60. The van der Waals surface area contributed by atoms with Crippen molar-refractivity contribution in [1.82, 2.24) is 0 Å². The molecule has 0 aromatic heterocycles. The van der Waals surface area contributed by atoms with Crippen LogP contribution in [0.3, 0.4) is 0 Å². The molecule has 5 heteroatoms. The van der Waals surface area contributed by atoms with Gasteiger partial charge in [-0.3, -0.25) is 0 Å². The molecule has 0 spiro atoms. The topological polar surface area (TPSA) is 12.0 Å². The van der Waals surface area contributed by atoms with Gasteiger partial charge in [0.05, 0.1) is 11.1 Å². The Kier molecular flexibility index (Phi) is 4.95. The van der Waals surface area contributed by atoms with Gasteiger partial charge in [0.15, 0.2) is 0 Å². The fraction of sp³-hybridized carbons (Fsp3) is 0.200. The third-order valence-electron chi connectivity index (χ3n) is 3.06. The van der Waals surface area contributed by atoms with Gasteiger partial charge in [0.1, 0.15) is 5.82 Å². The number of aryl methyl sites for hydroxylation is 1. The molecule has 0 radical (unpaired) electrons. The van der Waals surface area contributed by atoms with E-state index in [1.54, 1.807) is 0 Å². The van der Waals surface area contributed by atoms with E-state index in [9.17, 15) is 4.39 Å². The van der Waals surface area contributed by atoms with Gasteiger partial charge in [-0.15, -0.1) is 0 Å². The number of benzene rings is 2. The van der Waals surface area contributed by atoms with Crippen LogP contribution < -0.4 is 5.32 Å². The Morgan fingerprint density at radius 2 is 1.85 bits per heavy atom. The zero-order chi connectivity index (χ0) is 14.9. The first-order valence-electron chi connectivity index (χ1n) is 6.05. The van der Waals surface area contributed by atoms with Crippen molar-refractivity contribution in [3.63, 3.8) is 0 Å². The molecule has 20 heavy (non-hydrogen) atoms. The van der Waals surface area contributed by atoms with Crippen molar-refractivity contribution < 1.29 is 4.39 Å². The number of halogens is 4. The van der Waals surface area contributed by atoms with Gasteiger partial charge in [-0.05, 0) is 49.2 Å². The van der Waals surface area contributed by atoms with Crippen molar-refractivity contribution in [2.45, 2.75) is 19.9 Å². The van der Waals surface area contributed by atoms with Gasteiger partial charge < -0.3 is 5.32 Å². The molecule has 0 aliphatic carbocycles. The molecular weight excluding hydrogens is 364 g/mol. The van der Waals surface area contributed by atoms with Crippen LogP contribution in [0.5, 0.6) is 0 Å². The van der Waals surface area contributed by atoms with Crippen molar-refractivity contribution in [1.29, 1.82) is 0 Å². The zero-order valence-electron chi connectivity index (χ0n) is 11.0. The molecule has 0 saturated carbocycles. The molecule has 2 aromatic rings. The van der Waals surface area contributed by atoms with E-state index in [1.165, 1.54) is 12.1 Å². The molecule has 106 valence electrons. The molecular formula is C15H13BrCl2FN. The van der Waals surface area contributed by atoms with Crippen molar-refractivity contribution in [3.8, 4) is 0 Å². The second-order valence-electron chi connectivity index (χ2n) is 4.62. The number of hydrogen-bond acceptors (Lipinski definition) is 1. The molecule has 1 unspecified atom stereocenters. The summed E-state index contributed by atoms with van der Waals surface area (Å²) in [6.45, 7) is 3.94. The standard InChI is InChI=1S/C15H13BrCl2FN/c1-8-3-4-10(5-12(8)16)20-9(2)11-6-15(19)14(18)7-13(11)17/h3-7,9,20H,1-2H3. The molecule has 0 saturated heterocycles. The minimum atomic E-state index is -0.468. The largest absolute Gasteiger partial charge is 0.378 e. The summed E-state index contributed by atoms with van der Waals surface area (Å²) in [5.74, 6) is -0.468. The lowest BCUT2D eigenvalue weighted by molar-refractivity contribution is 0.624. The number of nitrogens with one attached hydrogen (secondary N) is 1. The number of hydrogen-bond donors (Lipinski definition) is 1. The Labute approximate surface area is 136 Å². The van der Waals surface area contributed by atoms with Crippen LogP contribution >= 0.6 is 39.1 Å². The number of anilines is 1. The van der Waals surface area contributed by atoms with Crippen LogP contribution in [0.1, 0.15) is 24.1 Å². The molecule has 2 rings (SSSR count). The number of rotatable bonds is 3. The average molecular weight is 377 g/mol. The molecule has 0 heterocycles. The van der Waals surface area contributed by atoms with Gasteiger partial charge in [0, 0.05) is 15.2 Å². The van der Waals surface area contributed by atoms with E-state index < -0.39 is 5.82 Å². The second kappa shape index (κ2) is 6.33. The summed E-state index contributed by atoms with van der Waals surface area (Å²) in [6.07, 6.45) is 0. The van der Waals surface area contributed by atoms with E-state index in [0.717, 1.165) is 15.7 Å². The Balaban J connectivity index is 2.25. The maximum absolute atomic E-state index is 13.5. The lowest BCUT2D eigenvalue weighted by Gasteiger charge is -2.18. The van der Waals surface area contributed by atoms with Crippen LogP contribution in [-0.4, -0.2) is 0 Å². The smallest absolute Gasteiger partial charge is 0.142 e. The molecule has 0 bridgehead atoms. The summed E-state index contributed by atoms with van der Waals surface area (Å²) < 4.78 is 14.6. The molecule has 0 amide bonds. The molecule has 2 aromatic carbocycles. The van der Waals surface area contributed by atoms with Crippen LogP contribution in [0, 0.1) is 12.7 Å². The fourth-order valence-electron chi connectivity index (χ4n) is 1.88. The summed E-state index contributed by atoms with van der Waals surface area (Å²) in [5.41, 5.74) is 2.76. The predicted octanol–water partition coefficient (Wildman–Crippen LogP) is 6.38. The van der Waals surface area contributed by atoms with Gasteiger partial charge in [-0.2, -0.15) is 0 Å². The monoisotopic (exact) mass is 375 g/mol. The maximum atomic E-state index is 13.5. The van der Waals surface area contributed by atoms with Crippen molar-refractivity contribution >= 4 is 44.8 Å². The van der Waals surface area contributed by atoms with Crippen LogP contribution in [0.2, 0.25) is 10.0 Å². The second-order valence-corrected chi connectivity index (χ2v) is 6.29. The average Bonchev–Trinajstić information content (AvgIpc) is 2.38. The summed E-state index contributed by atoms with van der Waals surface area (Å²) in [6, 6.07) is 8.61. The fourth-order valence-corrected chi connectivity index (χ4v) is 2.81. The van der Waals surface area contributed by atoms with Gasteiger partial charge in [0.2, 0.25) is 0 Å². The maximum Gasteiger partial charge on any atom is 0.142 e. The van der Waals surface area contributed by atoms with Crippen LogP contribution in [-0.2, 0) is 0 Å².